The third-order valence-electron chi connectivity index (χ3n) is 2.34. The van der Waals surface area contributed by atoms with Crippen molar-refractivity contribution in [3.63, 3.8) is 0 Å². The molecule has 0 saturated carbocycles. The lowest BCUT2D eigenvalue weighted by Crippen LogP contribution is -2.40. The largest absolute Gasteiger partial charge is 0.480 e. The average Bonchev–Trinajstić information content (AvgIpc) is 2.21. The summed E-state index contributed by atoms with van der Waals surface area (Å²) in [7, 11) is -1.40. The normalized spacial score (nSPS) is 13.8. The number of hydrogen-bond donors (Lipinski definition) is 6. The fraction of sp³-hybridized carbons (Fsp3) is 0.750. The van der Waals surface area contributed by atoms with Crippen LogP contribution in [0.1, 0.15) is 12.8 Å². The molecule has 0 aliphatic heterocycles. The summed E-state index contributed by atoms with van der Waals surface area (Å²) in [5, 5.41) is 26.1. The van der Waals surface area contributed by atoms with Crippen molar-refractivity contribution in [1.29, 1.82) is 0 Å². The number of nitrogens with zero attached hydrogens (tertiary/aromatic N) is 1. The van der Waals surface area contributed by atoms with E-state index in [1.807, 2.05) is 0 Å². The van der Waals surface area contributed by atoms with Gasteiger partial charge in [-0.25, -0.2) is 0 Å². The topological polar surface area (TPSA) is 168 Å². The monoisotopic (exact) mass is 246 g/mol. The van der Waals surface area contributed by atoms with Crippen molar-refractivity contribution >= 4 is 19.0 Å². The van der Waals surface area contributed by atoms with Crippen molar-refractivity contribution in [3.8, 4) is 0 Å². The quantitative estimate of drug-likeness (QED) is 0.157. The first-order valence-corrected chi connectivity index (χ1v) is 5.24. The minimum atomic E-state index is -1.40. The number of aliphatic imine (C=N–C) groups is 1. The average molecular weight is 246 g/mol. The molecule has 17 heavy (non-hydrogen) atoms. The minimum Gasteiger partial charge on any atom is -0.480 e. The van der Waals surface area contributed by atoms with E-state index in [9.17, 15) is 4.79 Å². The number of carboxylic acids is 1. The maximum atomic E-state index is 10.7. The Morgan fingerprint density at radius 2 is 1.94 bits per heavy atom. The molecule has 98 valence electrons. The Balaban J connectivity index is 4.30. The molecular weight excluding hydrogens is 227 g/mol. The molecule has 0 fully saturated rings. The van der Waals surface area contributed by atoms with Gasteiger partial charge in [-0.1, -0.05) is 6.42 Å². The first-order valence-electron chi connectivity index (χ1n) is 5.24. The summed E-state index contributed by atoms with van der Waals surface area (Å²) >= 11 is 0. The van der Waals surface area contributed by atoms with Crippen LogP contribution in [0.4, 0.5) is 0 Å². The van der Waals surface area contributed by atoms with Gasteiger partial charge in [0.05, 0.1) is 0 Å². The summed E-state index contributed by atoms with van der Waals surface area (Å²) in [5.74, 6) is -1.70. The van der Waals surface area contributed by atoms with Crippen LogP contribution in [0.5, 0.6) is 0 Å². The molecule has 0 aromatic carbocycles. The first kappa shape index (κ1) is 15.7. The molecule has 9 N–H and O–H groups in total. The highest BCUT2D eigenvalue weighted by atomic mass is 16.4. The molecule has 0 bridgehead atoms. The van der Waals surface area contributed by atoms with Gasteiger partial charge in [0.25, 0.3) is 0 Å². The summed E-state index contributed by atoms with van der Waals surface area (Å²) in [4.78, 5) is 14.5. The van der Waals surface area contributed by atoms with E-state index in [0.717, 1.165) is 0 Å². The van der Waals surface area contributed by atoms with Crippen molar-refractivity contribution in [1.82, 2.24) is 0 Å². The number of hydrogen-bond acceptors (Lipinski definition) is 5. The molecule has 0 aromatic heterocycles. The van der Waals surface area contributed by atoms with Gasteiger partial charge in [-0.15, -0.1) is 0 Å². The van der Waals surface area contributed by atoms with Gasteiger partial charge in [-0.3, -0.25) is 9.79 Å². The molecule has 0 spiro atoms. The Kier molecular flexibility index (Phi) is 7.27. The van der Waals surface area contributed by atoms with Crippen molar-refractivity contribution < 1.29 is 19.9 Å². The van der Waals surface area contributed by atoms with Crippen LogP contribution in [0.3, 0.4) is 0 Å². The van der Waals surface area contributed by atoms with E-state index in [4.69, 9.17) is 32.4 Å². The van der Waals surface area contributed by atoms with Crippen LogP contribution in [0.2, 0.25) is 6.32 Å². The molecule has 0 aliphatic carbocycles. The molecule has 0 amide bonds. The molecule has 0 aromatic rings. The van der Waals surface area contributed by atoms with E-state index in [-0.39, 0.29) is 18.8 Å². The van der Waals surface area contributed by atoms with Gasteiger partial charge in [-0.2, -0.15) is 0 Å². The van der Waals surface area contributed by atoms with Crippen LogP contribution in [-0.4, -0.2) is 46.8 Å². The number of aliphatic carboxylic acids is 1. The zero-order valence-electron chi connectivity index (χ0n) is 9.49. The fourth-order valence-electron chi connectivity index (χ4n) is 1.37. The number of nitrogens with two attached hydrogens (primary N) is 3. The van der Waals surface area contributed by atoms with Gasteiger partial charge < -0.3 is 32.4 Å². The molecule has 9 heteroatoms. The smallest absolute Gasteiger partial charge is 0.451 e. The van der Waals surface area contributed by atoms with E-state index in [1.54, 1.807) is 0 Å². The van der Waals surface area contributed by atoms with E-state index >= 15 is 0 Å². The van der Waals surface area contributed by atoms with E-state index < -0.39 is 25.0 Å². The Morgan fingerprint density at radius 1 is 1.35 bits per heavy atom. The molecule has 0 saturated heterocycles. The highest BCUT2D eigenvalue weighted by Crippen LogP contribution is 2.13. The van der Waals surface area contributed by atoms with E-state index in [0.29, 0.717) is 12.8 Å². The molecule has 8 nitrogen and oxygen atoms in total. The SMILES string of the molecule is NC(N)=NC[C@@H](CCCB(O)O)[C@H](N)C(=O)O. The lowest BCUT2D eigenvalue weighted by Gasteiger charge is -2.18. The van der Waals surface area contributed by atoms with Crippen LogP contribution in [0.15, 0.2) is 4.99 Å². The molecule has 0 unspecified atom stereocenters. The third kappa shape index (κ3) is 7.56. The highest BCUT2D eigenvalue weighted by Gasteiger charge is 2.24. The van der Waals surface area contributed by atoms with Gasteiger partial charge in [-0.05, 0) is 12.7 Å². The third-order valence-corrected chi connectivity index (χ3v) is 2.34. The zero-order chi connectivity index (χ0) is 13.4. The summed E-state index contributed by atoms with van der Waals surface area (Å²) in [6.45, 7) is 0.108. The number of carbonyl (C=O) groups is 1. The summed E-state index contributed by atoms with van der Waals surface area (Å²) in [5.41, 5.74) is 15.8. The highest BCUT2D eigenvalue weighted by molar-refractivity contribution is 6.40. The fourth-order valence-corrected chi connectivity index (χ4v) is 1.37. The molecule has 0 heterocycles. The lowest BCUT2D eigenvalue weighted by atomic mass is 9.81. The van der Waals surface area contributed by atoms with Crippen LogP contribution < -0.4 is 17.2 Å². The van der Waals surface area contributed by atoms with Gasteiger partial charge in [0, 0.05) is 12.5 Å². The zero-order valence-corrected chi connectivity index (χ0v) is 9.49. The number of rotatable bonds is 8. The molecular formula is C8H19BN4O4. The van der Waals surface area contributed by atoms with Gasteiger partial charge in [0.2, 0.25) is 0 Å². The van der Waals surface area contributed by atoms with Crippen LogP contribution in [-0.2, 0) is 4.79 Å². The van der Waals surface area contributed by atoms with Crippen molar-refractivity contribution in [2.75, 3.05) is 6.54 Å². The van der Waals surface area contributed by atoms with Gasteiger partial charge in [0.15, 0.2) is 5.96 Å². The van der Waals surface area contributed by atoms with Crippen molar-refractivity contribution in [3.05, 3.63) is 0 Å². The second-order valence-electron chi connectivity index (χ2n) is 3.80. The second-order valence-corrected chi connectivity index (χ2v) is 3.80. The Labute approximate surface area is 99.6 Å². The summed E-state index contributed by atoms with van der Waals surface area (Å²) in [6, 6.07) is -1.08. The van der Waals surface area contributed by atoms with E-state index in [1.165, 1.54) is 0 Å². The maximum Gasteiger partial charge on any atom is 0.451 e. The lowest BCUT2D eigenvalue weighted by molar-refractivity contribution is -0.139. The molecule has 2 atom stereocenters. The number of guanidine groups is 1. The predicted molar refractivity (Wildman–Crippen MR) is 64.0 cm³/mol. The first-order chi connectivity index (χ1) is 7.84. The van der Waals surface area contributed by atoms with Crippen LogP contribution >= 0.6 is 0 Å². The second kappa shape index (κ2) is 7.88. The minimum absolute atomic E-state index is 0.108. The Morgan fingerprint density at radius 3 is 2.35 bits per heavy atom. The standard InChI is InChI=1S/C8H19BN4O4/c10-6(7(14)15)5(4-13-8(11)12)2-1-3-9(16)17/h5-6,16-17H,1-4,10H2,(H,14,15)(H4,11,12,13)/t5-,6+/m1/s1. The molecule has 0 radical (unpaired) electrons. The van der Waals surface area contributed by atoms with E-state index in [2.05, 4.69) is 4.99 Å². The maximum absolute atomic E-state index is 10.7. The summed E-state index contributed by atoms with van der Waals surface area (Å²) in [6.07, 6.45) is 0.996. The Hall–Kier alpha value is -1.32. The predicted octanol–water partition coefficient (Wildman–Crippen LogP) is -2.46. The van der Waals surface area contributed by atoms with Crippen molar-refractivity contribution in [2.45, 2.75) is 25.2 Å². The van der Waals surface area contributed by atoms with Crippen molar-refractivity contribution in [2.24, 2.45) is 28.1 Å². The Bertz CT molecular complexity index is 270. The molecule has 0 rings (SSSR count). The number of carboxylic acid groups (broad SMARTS) is 1. The molecule has 0 aliphatic rings. The van der Waals surface area contributed by atoms with Gasteiger partial charge in [0.1, 0.15) is 6.04 Å². The van der Waals surface area contributed by atoms with Crippen LogP contribution in [0, 0.1) is 5.92 Å². The summed E-state index contributed by atoms with van der Waals surface area (Å²) < 4.78 is 0. The van der Waals surface area contributed by atoms with Gasteiger partial charge >= 0.3 is 13.1 Å². The van der Waals surface area contributed by atoms with Crippen LogP contribution in [0.25, 0.3) is 0 Å².